The first-order chi connectivity index (χ1) is 14.1. The molecule has 30 heavy (non-hydrogen) atoms. The van der Waals surface area contributed by atoms with Gasteiger partial charge in [0.15, 0.2) is 5.96 Å². The zero-order valence-electron chi connectivity index (χ0n) is 18.7. The molecule has 1 aromatic rings. The largest absolute Gasteiger partial charge is 0.497 e. The molecule has 1 aromatic carbocycles. The number of hydrogen-bond acceptors (Lipinski definition) is 5. The number of guanidine groups is 1. The van der Waals surface area contributed by atoms with Crippen LogP contribution in [0, 0.1) is 5.41 Å². The fourth-order valence-corrected chi connectivity index (χ4v) is 3.85. The molecule has 1 fully saturated rings. The predicted octanol–water partition coefficient (Wildman–Crippen LogP) is 3.51. The van der Waals surface area contributed by atoms with Gasteiger partial charge in [0.05, 0.1) is 20.3 Å². The van der Waals surface area contributed by atoms with E-state index in [1.165, 1.54) is 25.7 Å². The first-order valence-corrected chi connectivity index (χ1v) is 10.5. The number of methoxy groups -OCH3 is 3. The van der Waals surface area contributed by atoms with Crippen LogP contribution < -0.4 is 20.1 Å². The lowest BCUT2D eigenvalue weighted by atomic mass is 9.83. The van der Waals surface area contributed by atoms with Crippen LogP contribution in [0.1, 0.15) is 50.7 Å². The van der Waals surface area contributed by atoms with E-state index in [9.17, 15) is 5.11 Å². The van der Waals surface area contributed by atoms with Crippen LogP contribution in [0.3, 0.4) is 0 Å². The zero-order valence-corrected chi connectivity index (χ0v) is 21.0. The van der Waals surface area contributed by atoms with Crippen molar-refractivity contribution in [3.05, 3.63) is 23.8 Å². The lowest BCUT2D eigenvalue weighted by Gasteiger charge is -2.27. The minimum Gasteiger partial charge on any atom is -0.497 e. The van der Waals surface area contributed by atoms with E-state index in [0.717, 1.165) is 37.6 Å². The van der Waals surface area contributed by atoms with Gasteiger partial charge >= 0.3 is 0 Å². The maximum atomic E-state index is 10.7. The fourth-order valence-electron chi connectivity index (χ4n) is 3.85. The SMILES string of the molecule is CCNC(=NCC1(CCOC)CCCC1)NCC(O)c1cc(OC)cc(OC)c1.I. The van der Waals surface area contributed by atoms with Gasteiger partial charge in [-0.3, -0.25) is 4.99 Å². The van der Waals surface area contributed by atoms with E-state index in [1.54, 1.807) is 27.4 Å². The zero-order chi connectivity index (χ0) is 21.1. The summed E-state index contributed by atoms with van der Waals surface area (Å²) in [4.78, 5) is 4.83. The van der Waals surface area contributed by atoms with E-state index >= 15 is 0 Å². The highest BCUT2D eigenvalue weighted by atomic mass is 127. The molecule has 1 unspecified atom stereocenters. The Labute approximate surface area is 198 Å². The van der Waals surface area contributed by atoms with E-state index in [2.05, 4.69) is 10.6 Å². The molecule has 0 aromatic heterocycles. The monoisotopic (exact) mass is 535 g/mol. The molecule has 1 atom stereocenters. The topological polar surface area (TPSA) is 84.3 Å². The molecule has 7 nitrogen and oxygen atoms in total. The Balaban J connectivity index is 0.00000450. The van der Waals surface area contributed by atoms with E-state index in [1.807, 2.05) is 19.1 Å². The third-order valence-electron chi connectivity index (χ3n) is 5.64. The smallest absolute Gasteiger partial charge is 0.191 e. The first kappa shape index (κ1) is 26.8. The van der Waals surface area contributed by atoms with Crippen LogP contribution in [0.2, 0.25) is 0 Å². The van der Waals surface area contributed by atoms with Crippen LogP contribution in [-0.2, 0) is 4.74 Å². The Hall–Kier alpha value is -1.26. The number of nitrogens with zero attached hydrogens (tertiary/aromatic N) is 1. The molecule has 1 aliphatic rings. The van der Waals surface area contributed by atoms with Gasteiger partial charge in [0.2, 0.25) is 0 Å². The number of hydrogen-bond donors (Lipinski definition) is 3. The van der Waals surface area contributed by atoms with Crippen molar-refractivity contribution < 1.29 is 19.3 Å². The van der Waals surface area contributed by atoms with Crippen LogP contribution >= 0.6 is 24.0 Å². The molecule has 3 N–H and O–H groups in total. The van der Waals surface area contributed by atoms with Gasteiger partial charge in [0, 0.05) is 39.4 Å². The summed E-state index contributed by atoms with van der Waals surface area (Å²) in [5.74, 6) is 2.03. The lowest BCUT2D eigenvalue weighted by Crippen LogP contribution is -2.40. The summed E-state index contributed by atoms with van der Waals surface area (Å²) in [5.41, 5.74) is 0.967. The average molecular weight is 535 g/mol. The average Bonchev–Trinajstić information content (AvgIpc) is 3.22. The summed E-state index contributed by atoms with van der Waals surface area (Å²) < 4.78 is 15.9. The molecule has 0 amide bonds. The van der Waals surface area contributed by atoms with Crippen LogP contribution in [0.15, 0.2) is 23.2 Å². The third kappa shape index (κ3) is 8.11. The highest BCUT2D eigenvalue weighted by Gasteiger charge is 2.33. The van der Waals surface area contributed by atoms with Crippen molar-refractivity contribution in [2.24, 2.45) is 10.4 Å². The molecule has 0 heterocycles. The molecular formula is C22H38IN3O4. The molecule has 0 radical (unpaired) electrons. The van der Waals surface area contributed by atoms with Crippen molar-refractivity contribution in [3.63, 3.8) is 0 Å². The van der Waals surface area contributed by atoms with Gasteiger partial charge in [0.25, 0.3) is 0 Å². The van der Waals surface area contributed by atoms with E-state index in [4.69, 9.17) is 19.2 Å². The summed E-state index contributed by atoms with van der Waals surface area (Å²) in [6.07, 6.45) is 5.26. The van der Waals surface area contributed by atoms with Crippen molar-refractivity contribution in [1.29, 1.82) is 0 Å². The second-order valence-corrected chi connectivity index (χ2v) is 7.69. The van der Waals surface area contributed by atoms with Crippen molar-refractivity contribution in [3.8, 4) is 11.5 Å². The van der Waals surface area contributed by atoms with Gasteiger partial charge < -0.3 is 30.0 Å². The Bertz CT molecular complexity index is 629. The lowest BCUT2D eigenvalue weighted by molar-refractivity contribution is 0.141. The standard InChI is InChI=1S/C22H37N3O4.HI/c1-5-23-21(25-16-22(10-11-27-2)8-6-7-9-22)24-15-20(26)17-12-18(28-3)14-19(13-17)29-4;/h12-14,20,26H,5-11,15-16H2,1-4H3,(H2,23,24,25);1H. The van der Waals surface area contributed by atoms with Gasteiger partial charge in [-0.05, 0) is 49.3 Å². The van der Waals surface area contributed by atoms with Crippen LogP contribution in [0.5, 0.6) is 11.5 Å². The number of benzene rings is 1. The summed E-state index contributed by atoms with van der Waals surface area (Å²) in [6, 6.07) is 5.42. The minimum atomic E-state index is -0.711. The normalized spacial score (nSPS) is 16.5. The Kier molecular flexibility index (Phi) is 12.4. The molecule has 0 bridgehead atoms. The minimum absolute atomic E-state index is 0. The number of aliphatic imine (C=N–C) groups is 1. The molecule has 1 aliphatic carbocycles. The van der Waals surface area contributed by atoms with Gasteiger partial charge in [-0.1, -0.05) is 12.8 Å². The number of halogens is 1. The summed E-state index contributed by atoms with van der Waals surface area (Å²) in [6.45, 7) is 4.69. The Morgan fingerprint density at radius 3 is 2.27 bits per heavy atom. The van der Waals surface area contributed by atoms with Gasteiger partial charge in [-0.2, -0.15) is 0 Å². The molecule has 172 valence electrons. The Morgan fingerprint density at radius 1 is 1.10 bits per heavy atom. The van der Waals surface area contributed by atoms with Crippen LogP contribution in [0.25, 0.3) is 0 Å². The van der Waals surface area contributed by atoms with Crippen LogP contribution in [-0.4, -0.2) is 58.6 Å². The van der Waals surface area contributed by atoms with E-state index in [-0.39, 0.29) is 29.4 Å². The molecule has 8 heteroatoms. The summed E-state index contributed by atoms with van der Waals surface area (Å²) in [5, 5.41) is 17.2. The maximum Gasteiger partial charge on any atom is 0.191 e. The van der Waals surface area contributed by atoms with Crippen LogP contribution in [0.4, 0.5) is 0 Å². The van der Waals surface area contributed by atoms with Gasteiger partial charge in [-0.25, -0.2) is 0 Å². The molecule has 0 aliphatic heterocycles. The second kappa shape index (κ2) is 13.9. The number of nitrogens with one attached hydrogen (secondary N) is 2. The summed E-state index contributed by atoms with van der Waals surface area (Å²) >= 11 is 0. The van der Waals surface area contributed by atoms with Crippen molar-refractivity contribution in [1.82, 2.24) is 10.6 Å². The van der Waals surface area contributed by atoms with E-state index < -0.39 is 6.10 Å². The number of aliphatic hydroxyl groups excluding tert-OH is 1. The molecule has 1 saturated carbocycles. The van der Waals surface area contributed by atoms with Crippen molar-refractivity contribution in [2.45, 2.75) is 45.1 Å². The maximum absolute atomic E-state index is 10.7. The molecular weight excluding hydrogens is 497 g/mol. The van der Waals surface area contributed by atoms with Crippen molar-refractivity contribution in [2.75, 3.05) is 47.6 Å². The summed E-state index contributed by atoms with van der Waals surface area (Å²) in [7, 11) is 4.95. The first-order valence-electron chi connectivity index (χ1n) is 10.5. The number of aliphatic hydroxyl groups is 1. The van der Waals surface area contributed by atoms with E-state index in [0.29, 0.717) is 18.0 Å². The second-order valence-electron chi connectivity index (χ2n) is 7.69. The van der Waals surface area contributed by atoms with Crippen molar-refractivity contribution >= 4 is 29.9 Å². The third-order valence-corrected chi connectivity index (χ3v) is 5.64. The van der Waals surface area contributed by atoms with Gasteiger partial charge in [0.1, 0.15) is 11.5 Å². The van der Waals surface area contributed by atoms with Gasteiger partial charge in [-0.15, -0.1) is 24.0 Å². The molecule has 0 saturated heterocycles. The fraction of sp³-hybridized carbons (Fsp3) is 0.682. The molecule has 2 rings (SSSR count). The number of rotatable bonds is 11. The highest BCUT2D eigenvalue weighted by molar-refractivity contribution is 14.0. The quantitative estimate of drug-likeness (QED) is 0.229. The molecule has 0 spiro atoms. The highest BCUT2D eigenvalue weighted by Crippen LogP contribution is 2.41. The predicted molar refractivity (Wildman–Crippen MR) is 131 cm³/mol. The number of ether oxygens (including phenoxy) is 3. The Morgan fingerprint density at radius 2 is 1.73 bits per heavy atom.